The van der Waals surface area contributed by atoms with Crippen molar-refractivity contribution in [3.8, 4) is 0 Å². The predicted octanol–water partition coefficient (Wildman–Crippen LogP) is 2.78. The molecule has 114 valence electrons. The van der Waals surface area contributed by atoms with Gasteiger partial charge in [-0.3, -0.25) is 9.80 Å². The van der Waals surface area contributed by atoms with Gasteiger partial charge >= 0.3 is 6.18 Å². The zero-order valence-corrected chi connectivity index (χ0v) is 11.2. The van der Waals surface area contributed by atoms with E-state index < -0.39 is 11.7 Å². The molecule has 0 spiro atoms. The van der Waals surface area contributed by atoms with Crippen molar-refractivity contribution in [1.82, 2.24) is 10.6 Å². The molecule has 5 nitrogen and oxygen atoms in total. The first-order valence-corrected chi connectivity index (χ1v) is 6.25. The zero-order valence-electron chi connectivity index (χ0n) is 11.2. The molecule has 8 heteroatoms. The predicted molar refractivity (Wildman–Crippen MR) is 69.3 cm³/mol. The minimum absolute atomic E-state index is 0.0329. The third-order valence-electron chi connectivity index (χ3n) is 2.88. The lowest BCUT2D eigenvalue weighted by molar-refractivity contribution is -0.138. The number of rotatable bonds is 4. The summed E-state index contributed by atoms with van der Waals surface area (Å²) in [7, 11) is 0. The van der Waals surface area contributed by atoms with Gasteiger partial charge in [0.15, 0.2) is 0 Å². The highest BCUT2D eigenvalue weighted by molar-refractivity contribution is 5.91. The quantitative estimate of drug-likeness (QED) is 0.898. The molecule has 0 saturated heterocycles. The zero-order chi connectivity index (χ0) is 15.5. The van der Waals surface area contributed by atoms with E-state index in [9.17, 15) is 18.0 Å². The topological polar surface area (TPSA) is 53.6 Å². The number of hydrazine groups is 1. The fraction of sp³-hybridized carbons (Fsp3) is 0.308. The Morgan fingerprint density at radius 2 is 2.19 bits per heavy atom. The fourth-order valence-corrected chi connectivity index (χ4v) is 1.87. The molecule has 0 unspecified atom stereocenters. The van der Waals surface area contributed by atoms with Crippen LogP contribution in [0.2, 0.25) is 0 Å². The van der Waals surface area contributed by atoms with Crippen LogP contribution >= 0.6 is 0 Å². The van der Waals surface area contributed by atoms with E-state index in [0.717, 1.165) is 6.07 Å². The van der Waals surface area contributed by atoms with E-state index in [2.05, 4.69) is 10.9 Å². The van der Waals surface area contributed by atoms with Crippen LogP contribution in [0.5, 0.6) is 0 Å². The third kappa shape index (κ3) is 3.66. The molecule has 2 rings (SSSR count). The van der Waals surface area contributed by atoms with E-state index >= 15 is 0 Å². The lowest BCUT2D eigenvalue weighted by Crippen LogP contribution is -2.29. The van der Waals surface area contributed by atoms with Gasteiger partial charge in [0.1, 0.15) is 6.26 Å². The molecule has 0 aromatic heterocycles. The van der Waals surface area contributed by atoms with Crippen LogP contribution in [0, 0.1) is 0 Å². The first kappa shape index (κ1) is 15.2. The highest BCUT2D eigenvalue weighted by Crippen LogP contribution is 2.36. The molecule has 0 saturated carbocycles. The average molecular weight is 301 g/mol. The summed E-state index contributed by atoms with van der Waals surface area (Å²) >= 11 is 0. The molecule has 1 heterocycles. The Morgan fingerprint density at radius 1 is 1.43 bits per heavy atom. The number of carbonyl (C=O) groups is 1. The minimum atomic E-state index is -4.51. The van der Waals surface area contributed by atoms with E-state index in [0.29, 0.717) is 0 Å². The molecule has 1 aromatic carbocycles. The SMILES string of the molecule is CCC(=O)Nc1cccc(C(F)(F)F)c1CN1C=CON1. The molecule has 0 bridgehead atoms. The number of alkyl halides is 3. The number of halogens is 3. The van der Waals surface area contributed by atoms with Crippen LogP contribution in [0.15, 0.2) is 30.7 Å². The molecule has 1 amide bonds. The maximum atomic E-state index is 13.1. The third-order valence-corrected chi connectivity index (χ3v) is 2.88. The maximum absolute atomic E-state index is 13.1. The van der Waals surface area contributed by atoms with Gasteiger partial charge in [-0.25, -0.2) is 0 Å². The van der Waals surface area contributed by atoms with Crippen molar-refractivity contribution in [2.75, 3.05) is 5.32 Å². The van der Waals surface area contributed by atoms with Gasteiger partial charge in [-0.05, 0) is 12.1 Å². The Hall–Kier alpha value is -2.22. The van der Waals surface area contributed by atoms with Crippen LogP contribution in [0.4, 0.5) is 18.9 Å². The summed E-state index contributed by atoms with van der Waals surface area (Å²) in [6.45, 7) is 1.52. The minimum Gasteiger partial charge on any atom is -0.395 e. The normalized spacial score (nSPS) is 14.2. The van der Waals surface area contributed by atoms with Crippen LogP contribution < -0.4 is 10.9 Å². The van der Waals surface area contributed by atoms with Crippen LogP contribution in [0.1, 0.15) is 24.5 Å². The summed E-state index contributed by atoms with van der Waals surface area (Å²) in [6, 6.07) is 3.69. The largest absolute Gasteiger partial charge is 0.416 e. The highest BCUT2D eigenvalue weighted by Gasteiger charge is 2.34. The number of nitrogens with one attached hydrogen (secondary N) is 2. The van der Waals surface area contributed by atoms with Gasteiger partial charge in [0.25, 0.3) is 0 Å². The molecule has 0 aliphatic carbocycles. The first-order chi connectivity index (χ1) is 9.91. The van der Waals surface area contributed by atoms with Crippen molar-refractivity contribution < 1.29 is 22.8 Å². The van der Waals surface area contributed by atoms with Gasteiger partial charge in [0.05, 0.1) is 18.3 Å². The summed E-state index contributed by atoms with van der Waals surface area (Å²) in [4.78, 5) is 16.2. The molecule has 0 radical (unpaired) electrons. The van der Waals surface area contributed by atoms with Gasteiger partial charge < -0.3 is 10.2 Å². The standard InChI is InChI=1S/C13H14F3N3O2/c1-2-12(20)17-11-5-3-4-10(13(14,15)16)9(11)8-19-6-7-21-18-19/h3-7,18H,2,8H2,1H3,(H,17,20). The van der Waals surface area contributed by atoms with Crippen LogP contribution in [-0.2, 0) is 22.4 Å². The summed E-state index contributed by atoms with van der Waals surface area (Å²) in [5.41, 5.74) is 1.73. The van der Waals surface area contributed by atoms with E-state index in [4.69, 9.17) is 4.84 Å². The van der Waals surface area contributed by atoms with Crippen molar-refractivity contribution in [2.24, 2.45) is 0 Å². The smallest absolute Gasteiger partial charge is 0.395 e. The van der Waals surface area contributed by atoms with Crippen LogP contribution in [0.25, 0.3) is 0 Å². The molecule has 1 aromatic rings. The maximum Gasteiger partial charge on any atom is 0.416 e. The molecule has 1 aliphatic rings. The van der Waals surface area contributed by atoms with Crippen molar-refractivity contribution in [1.29, 1.82) is 0 Å². The number of hydrogen-bond donors (Lipinski definition) is 2. The number of benzene rings is 1. The second kappa shape index (κ2) is 6.04. The van der Waals surface area contributed by atoms with Crippen LogP contribution in [0.3, 0.4) is 0 Å². The van der Waals surface area contributed by atoms with Crippen LogP contribution in [-0.4, -0.2) is 10.9 Å². The van der Waals surface area contributed by atoms with Gasteiger partial charge in [-0.15, -0.1) is 0 Å². The fourth-order valence-electron chi connectivity index (χ4n) is 1.87. The molecular formula is C13H14F3N3O2. The number of hydrogen-bond acceptors (Lipinski definition) is 4. The highest BCUT2D eigenvalue weighted by atomic mass is 19.4. The average Bonchev–Trinajstić information content (AvgIpc) is 2.92. The van der Waals surface area contributed by atoms with E-state index in [1.807, 2.05) is 0 Å². The van der Waals surface area contributed by atoms with Crippen molar-refractivity contribution in [2.45, 2.75) is 26.1 Å². The summed E-state index contributed by atoms with van der Waals surface area (Å²) in [6.07, 6.45) is -1.56. The number of anilines is 1. The van der Waals surface area contributed by atoms with Crippen molar-refractivity contribution in [3.05, 3.63) is 41.8 Å². The second-order valence-electron chi connectivity index (χ2n) is 4.35. The van der Waals surface area contributed by atoms with Gasteiger partial charge in [0, 0.05) is 17.7 Å². The lowest BCUT2D eigenvalue weighted by Gasteiger charge is -2.21. The van der Waals surface area contributed by atoms with Crippen molar-refractivity contribution >= 4 is 11.6 Å². The van der Waals surface area contributed by atoms with Crippen molar-refractivity contribution in [3.63, 3.8) is 0 Å². The lowest BCUT2D eigenvalue weighted by atomic mass is 10.0. The number of nitrogens with zero attached hydrogens (tertiary/aromatic N) is 1. The first-order valence-electron chi connectivity index (χ1n) is 6.25. The van der Waals surface area contributed by atoms with E-state index in [-0.39, 0.29) is 30.1 Å². The van der Waals surface area contributed by atoms with Gasteiger partial charge in [-0.2, -0.15) is 13.2 Å². The Balaban J connectivity index is 2.38. The number of carbonyl (C=O) groups excluding carboxylic acids is 1. The van der Waals surface area contributed by atoms with E-state index in [1.165, 1.54) is 29.6 Å². The summed E-state index contributed by atoms with van der Waals surface area (Å²) < 4.78 is 39.4. The molecule has 0 atom stereocenters. The Bertz CT molecular complexity index is 558. The summed E-state index contributed by atoms with van der Waals surface area (Å²) in [5, 5.41) is 3.83. The molecule has 21 heavy (non-hydrogen) atoms. The Morgan fingerprint density at radius 3 is 2.76 bits per heavy atom. The van der Waals surface area contributed by atoms with Gasteiger partial charge in [0.2, 0.25) is 5.91 Å². The Kier molecular flexibility index (Phi) is 4.37. The summed E-state index contributed by atoms with van der Waals surface area (Å²) in [5.74, 6) is -0.350. The second-order valence-corrected chi connectivity index (χ2v) is 4.35. The van der Waals surface area contributed by atoms with E-state index in [1.54, 1.807) is 6.92 Å². The molecule has 1 aliphatic heterocycles. The molecular weight excluding hydrogens is 287 g/mol. The molecule has 0 fully saturated rings. The monoisotopic (exact) mass is 301 g/mol. The molecule has 2 N–H and O–H groups in total. The Labute approximate surface area is 119 Å². The van der Waals surface area contributed by atoms with Gasteiger partial charge in [-0.1, -0.05) is 18.6 Å². The number of amides is 1.